The van der Waals surface area contributed by atoms with Gasteiger partial charge in [0.25, 0.3) is 5.91 Å². The number of amides is 2. The number of alkyl halides is 3. The number of nitrogens with one attached hydrogen (secondary N) is 1. The third-order valence-corrected chi connectivity index (χ3v) is 7.92. The first kappa shape index (κ1) is 28.4. The van der Waals surface area contributed by atoms with E-state index in [-0.39, 0.29) is 23.8 Å². The van der Waals surface area contributed by atoms with Crippen molar-refractivity contribution in [3.05, 3.63) is 107 Å². The van der Waals surface area contributed by atoms with Crippen LogP contribution in [0.25, 0.3) is 10.8 Å². The highest BCUT2D eigenvalue weighted by molar-refractivity contribution is 5.98. The standard InChI is InChI=1S/C33H29F3N2O5/c1-19(23-14-8-11-20-9-4-6-12-24(20)23)37-31(40)41-29-28(38-18-21-10-5-7-13-25(21)30(38)39)26-17-22(42-33(34,35)36)15-16-27(26)43-32(29,2)3/h4-17,19,28-29H,18H2,1-3H3,(H,37,40)/t19?,28-,29+/m1/s1. The minimum Gasteiger partial charge on any atom is -0.484 e. The van der Waals surface area contributed by atoms with E-state index in [0.717, 1.165) is 28.0 Å². The van der Waals surface area contributed by atoms with Crippen LogP contribution in [0.4, 0.5) is 18.0 Å². The molecule has 0 bridgehead atoms. The minimum absolute atomic E-state index is 0.174. The Kier molecular flexibility index (Phi) is 6.95. The van der Waals surface area contributed by atoms with E-state index in [1.165, 1.54) is 17.0 Å². The zero-order chi connectivity index (χ0) is 30.5. The van der Waals surface area contributed by atoms with Gasteiger partial charge in [0.05, 0.1) is 6.04 Å². The SMILES string of the molecule is CC(NC(=O)O[C@H]1[C@H](N2Cc3ccccc3C2=O)c2cc(OC(F)(F)F)ccc2OC1(C)C)c1cccc2ccccc12. The third kappa shape index (κ3) is 5.45. The van der Waals surface area contributed by atoms with Crippen molar-refractivity contribution in [2.24, 2.45) is 0 Å². The summed E-state index contributed by atoms with van der Waals surface area (Å²) in [5.41, 5.74) is 1.19. The second-order valence-electron chi connectivity index (χ2n) is 11.2. The summed E-state index contributed by atoms with van der Waals surface area (Å²) in [6, 6.07) is 23.0. The highest BCUT2D eigenvalue weighted by atomic mass is 19.4. The van der Waals surface area contributed by atoms with Crippen LogP contribution < -0.4 is 14.8 Å². The first-order valence-corrected chi connectivity index (χ1v) is 13.8. The van der Waals surface area contributed by atoms with Crippen LogP contribution in [-0.2, 0) is 11.3 Å². The van der Waals surface area contributed by atoms with E-state index in [1.807, 2.05) is 61.5 Å². The monoisotopic (exact) mass is 590 g/mol. The number of nitrogens with zero attached hydrogens (tertiary/aromatic N) is 1. The van der Waals surface area contributed by atoms with E-state index < -0.39 is 42.0 Å². The van der Waals surface area contributed by atoms with Crippen molar-refractivity contribution < 1.29 is 37.0 Å². The number of benzene rings is 4. The highest BCUT2D eigenvalue weighted by Gasteiger charge is 2.52. The van der Waals surface area contributed by atoms with E-state index in [1.54, 1.807) is 26.0 Å². The van der Waals surface area contributed by atoms with Crippen LogP contribution in [0.2, 0.25) is 0 Å². The van der Waals surface area contributed by atoms with E-state index in [0.29, 0.717) is 5.56 Å². The quantitative estimate of drug-likeness (QED) is 0.261. The van der Waals surface area contributed by atoms with Crippen molar-refractivity contribution >= 4 is 22.8 Å². The second-order valence-corrected chi connectivity index (χ2v) is 11.2. The van der Waals surface area contributed by atoms with Gasteiger partial charge in [-0.25, -0.2) is 4.79 Å². The fourth-order valence-corrected chi connectivity index (χ4v) is 6.00. The number of alkyl carbamates (subject to hydrolysis) is 1. The number of carbonyl (C=O) groups is 2. The number of hydrogen-bond donors (Lipinski definition) is 1. The lowest BCUT2D eigenvalue weighted by molar-refractivity contribution is -0.274. The summed E-state index contributed by atoms with van der Waals surface area (Å²) in [6.07, 6.45) is -6.78. The summed E-state index contributed by atoms with van der Waals surface area (Å²) in [4.78, 5) is 28.7. The number of hydrogen-bond acceptors (Lipinski definition) is 5. The second kappa shape index (κ2) is 10.5. The fraction of sp³-hybridized carbons (Fsp3) is 0.273. The van der Waals surface area contributed by atoms with Crippen molar-refractivity contribution in [1.82, 2.24) is 10.2 Å². The Hall–Kier alpha value is -4.73. The predicted molar refractivity (Wildman–Crippen MR) is 153 cm³/mol. The molecule has 4 aromatic carbocycles. The number of fused-ring (bicyclic) bond motifs is 3. The molecule has 6 rings (SSSR count). The molecular weight excluding hydrogens is 561 g/mol. The molecule has 2 aliphatic heterocycles. The Balaban J connectivity index is 1.35. The summed E-state index contributed by atoms with van der Waals surface area (Å²) < 4.78 is 55.9. The topological polar surface area (TPSA) is 77.1 Å². The van der Waals surface area contributed by atoms with Crippen molar-refractivity contribution in [3.63, 3.8) is 0 Å². The van der Waals surface area contributed by atoms with E-state index in [9.17, 15) is 22.8 Å². The molecule has 2 amide bonds. The van der Waals surface area contributed by atoms with Gasteiger partial charge < -0.3 is 24.4 Å². The first-order chi connectivity index (χ1) is 20.4. The van der Waals surface area contributed by atoms with Gasteiger partial charge in [0.1, 0.15) is 23.1 Å². The minimum atomic E-state index is -4.92. The van der Waals surface area contributed by atoms with Gasteiger partial charge in [-0.1, -0.05) is 60.7 Å². The van der Waals surface area contributed by atoms with Crippen LogP contribution in [0.1, 0.15) is 59.9 Å². The van der Waals surface area contributed by atoms with Crippen molar-refractivity contribution in [1.29, 1.82) is 0 Å². The smallest absolute Gasteiger partial charge is 0.484 e. The summed E-state index contributed by atoms with van der Waals surface area (Å²) in [5.74, 6) is -0.543. The van der Waals surface area contributed by atoms with Gasteiger partial charge in [-0.2, -0.15) is 0 Å². The Morgan fingerprint density at radius 1 is 1.02 bits per heavy atom. The van der Waals surface area contributed by atoms with E-state index in [4.69, 9.17) is 9.47 Å². The van der Waals surface area contributed by atoms with Crippen molar-refractivity contribution in [2.45, 2.75) is 57.5 Å². The number of rotatable bonds is 5. The molecular formula is C33H29F3N2O5. The zero-order valence-electron chi connectivity index (χ0n) is 23.6. The summed E-state index contributed by atoms with van der Waals surface area (Å²) >= 11 is 0. The number of carbonyl (C=O) groups excluding carboxylic acids is 2. The molecule has 222 valence electrons. The fourth-order valence-electron chi connectivity index (χ4n) is 6.00. The van der Waals surface area contributed by atoms with Crippen LogP contribution in [-0.4, -0.2) is 35.0 Å². The molecule has 0 spiro atoms. The maximum atomic E-state index is 13.7. The lowest BCUT2D eigenvalue weighted by Gasteiger charge is -2.46. The number of halogens is 3. The molecule has 3 atom stereocenters. The molecule has 1 unspecified atom stereocenters. The van der Waals surface area contributed by atoms with Crippen molar-refractivity contribution in [3.8, 4) is 11.5 Å². The predicted octanol–water partition coefficient (Wildman–Crippen LogP) is 7.46. The Bertz CT molecular complexity index is 1720. The molecule has 0 aliphatic carbocycles. The van der Waals surface area contributed by atoms with Crippen LogP contribution in [0.5, 0.6) is 11.5 Å². The largest absolute Gasteiger partial charge is 0.573 e. The van der Waals surface area contributed by atoms with Crippen LogP contribution >= 0.6 is 0 Å². The third-order valence-electron chi connectivity index (χ3n) is 7.92. The average Bonchev–Trinajstić information content (AvgIpc) is 3.28. The van der Waals surface area contributed by atoms with Gasteiger partial charge in [-0.15, -0.1) is 13.2 Å². The lowest BCUT2D eigenvalue weighted by Crippen LogP contribution is -2.56. The van der Waals surface area contributed by atoms with Gasteiger partial charge in [-0.05, 0) is 66.9 Å². The van der Waals surface area contributed by atoms with Crippen LogP contribution in [0.15, 0.2) is 84.9 Å². The molecule has 1 N–H and O–H groups in total. The number of ether oxygens (including phenoxy) is 3. The molecule has 0 aromatic heterocycles. The molecule has 0 radical (unpaired) electrons. The molecule has 7 nitrogen and oxygen atoms in total. The van der Waals surface area contributed by atoms with Crippen LogP contribution in [0.3, 0.4) is 0 Å². The summed E-state index contributed by atoms with van der Waals surface area (Å²) in [6.45, 7) is 5.43. The molecule has 0 saturated heterocycles. The molecule has 0 saturated carbocycles. The molecule has 10 heteroatoms. The van der Waals surface area contributed by atoms with E-state index in [2.05, 4.69) is 10.1 Å². The van der Waals surface area contributed by atoms with Gasteiger partial charge in [0.2, 0.25) is 0 Å². The van der Waals surface area contributed by atoms with Gasteiger partial charge in [0, 0.05) is 17.7 Å². The summed E-state index contributed by atoms with van der Waals surface area (Å²) in [7, 11) is 0. The maximum absolute atomic E-state index is 13.7. The van der Waals surface area contributed by atoms with Gasteiger partial charge in [-0.3, -0.25) is 4.79 Å². The van der Waals surface area contributed by atoms with E-state index >= 15 is 0 Å². The Labute approximate surface area is 246 Å². The molecule has 43 heavy (non-hydrogen) atoms. The Morgan fingerprint density at radius 3 is 2.51 bits per heavy atom. The average molecular weight is 591 g/mol. The Morgan fingerprint density at radius 2 is 1.74 bits per heavy atom. The normalized spacial score (nSPS) is 19.7. The maximum Gasteiger partial charge on any atom is 0.573 e. The lowest BCUT2D eigenvalue weighted by atomic mass is 9.85. The van der Waals surface area contributed by atoms with Crippen molar-refractivity contribution in [2.75, 3.05) is 0 Å². The first-order valence-electron chi connectivity index (χ1n) is 13.8. The van der Waals surface area contributed by atoms with Crippen LogP contribution in [0, 0.1) is 0 Å². The summed E-state index contributed by atoms with van der Waals surface area (Å²) in [5, 5.41) is 4.88. The molecule has 4 aromatic rings. The molecule has 0 fully saturated rings. The van der Waals surface area contributed by atoms with Gasteiger partial charge >= 0.3 is 12.5 Å². The van der Waals surface area contributed by atoms with Gasteiger partial charge in [0.15, 0.2) is 6.10 Å². The molecule has 2 heterocycles. The molecule has 2 aliphatic rings. The highest BCUT2D eigenvalue weighted by Crippen LogP contribution is 2.48. The zero-order valence-corrected chi connectivity index (χ0v) is 23.6.